The van der Waals surface area contributed by atoms with Crippen molar-refractivity contribution in [3.63, 3.8) is 0 Å². The topological polar surface area (TPSA) is 41.1 Å². The van der Waals surface area contributed by atoms with Gasteiger partial charge in [0.15, 0.2) is 6.17 Å². The summed E-state index contributed by atoms with van der Waals surface area (Å²) in [6.07, 6.45) is 28.4. The van der Waals surface area contributed by atoms with Crippen molar-refractivity contribution in [1.82, 2.24) is 10.6 Å². The Hall–Kier alpha value is -1.29. The van der Waals surface area contributed by atoms with Gasteiger partial charge in [-0.1, -0.05) is 76.9 Å². The summed E-state index contributed by atoms with van der Waals surface area (Å²) in [6.45, 7) is 8.85. The van der Waals surface area contributed by atoms with Crippen LogP contribution in [-0.2, 0) is 4.79 Å². The van der Waals surface area contributed by atoms with E-state index in [2.05, 4.69) is 49.0 Å². The molecule has 1 heterocycles. The van der Waals surface area contributed by atoms with E-state index in [0.717, 1.165) is 24.1 Å². The molecule has 2 N–H and O–H groups in total. The van der Waals surface area contributed by atoms with Crippen LogP contribution in [0, 0.1) is 0 Å². The Kier molecular flexibility index (Phi) is 15.5. The molecule has 0 aromatic heterocycles. The van der Waals surface area contributed by atoms with Gasteiger partial charge in [-0.2, -0.15) is 0 Å². The van der Waals surface area contributed by atoms with Crippen molar-refractivity contribution in [2.75, 3.05) is 19.6 Å². The lowest BCUT2D eigenvalue weighted by atomic mass is 10.0. The van der Waals surface area contributed by atoms with Gasteiger partial charge in [0.05, 0.1) is 19.3 Å². The summed E-state index contributed by atoms with van der Waals surface area (Å²) in [4.78, 5) is 11.2. The highest BCUT2D eigenvalue weighted by Crippen LogP contribution is 2.23. The van der Waals surface area contributed by atoms with Crippen molar-refractivity contribution >= 4 is 5.91 Å². The van der Waals surface area contributed by atoms with E-state index in [0.29, 0.717) is 6.17 Å². The fourth-order valence-corrected chi connectivity index (χ4v) is 4.53. The van der Waals surface area contributed by atoms with Crippen LogP contribution in [0.5, 0.6) is 0 Å². The number of rotatable bonds is 19. The molecule has 0 radical (unpaired) electrons. The van der Waals surface area contributed by atoms with Gasteiger partial charge in [-0.05, 0) is 32.6 Å². The number of nitrogens with one attached hydrogen (secondary N) is 2. The quantitative estimate of drug-likeness (QED) is 0.144. The van der Waals surface area contributed by atoms with Crippen LogP contribution in [0.2, 0.25) is 0 Å². The van der Waals surface area contributed by atoms with Gasteiger partial charge in [0, 0.05) is 13.3 Å². The number of allylic oxidation sites excluding steroid dienone is 2. The van der Waals surface area contributed by atoms with E-state index in [4.69, 9.17) is 0 Å². The third kappa shape index (κ3) is 11.8. The lowest BCUT2D eigenvalue weighted by Gasteiger charge is -2.37. The predicted octanol–water partition coefficient (Wildman–Crippen LogP) is 6.40. The molecule has 2 atom stereocenters. The molecule has 4 nitrogen and oxygen atoms in total. The smallest absolute Gasteiger partial charge is 0.217 e. The average molecular weight is 421 g/mol. The zero-order valence-corrected chi connectivity index (χ0v) is 20.3. The summed E-state index contributed by atoms with van der Waals surface area (Å²) in [5.74, 6) is 0.0665. The molecule has 4 heteroatoms. The number of nitrogens with zero attached hydrogens (tertiary/aromatic N) is 1. The molecule has 0 aliphatic carbocycles. The molecule has 0 bridgehead atoms. The Bertz CT molecular complexity index is 489. The molecule has 0 aromatic carbocycles. The Balaban J connectivity index is 1.98. The van der Waals surface area contributed by atoms with Gasteiger partial charge in [0.1, 0.15) is 12.7 Å². The number of likely N-dealkylation sites (N-methyl/N-ethyl adjacent to an activating group) is 1. The molecule has 0 fully saturated rings. The summed E-state index contributed by atoms with van der Waals surface area (Å²) in [5, 5.41) is 6.52. The average Bonchev–Trinajstić information content (AvgIpc) is 3.13. The molecule has 0 spiro atoms. The summed E-state index contributed by atoms with van der Waals surface area (Å²) in [7, 11) is 0. The van der Waals surface area contributed by atoms with Crippen LogP contribution in [0.1, 0.15) is 111 Å². The first-order valence-corrected chi connectivity index (χ1v) is 12.8. The van der Waals surface area contributed by atoms with Gasteiger partial charge >= 0.3 is 0 Å². The first-order chi connectivity index (χ1) is 14.6. The molecule has 0 aromatic rings. The molecular weight excluding hydrogens is 370 g/mol. The van der Waals surface area contributed by atoms with Crippen LogP contribution in [0.15, 0.2) is 24.6 Å². The standard InChI is InChI=1S/C26H49N3O/c1-4-6-7-8-9-10-11-12-13-14-15-16-17-18-19-20-26-28-22-24-29(26,5-2)23-21-27-25(3)30/h6-7,22,24,26,28H,4-5,8-21,23H2,1-3H3/p+1/b7-6+. The highest BCUT2D eigenvalue weighted by molar-refractivity contribution is 5.72. The van der Waals surface area contributed by atoms with Gasteiger partial charge in [-0.15, -0.1) is 0 Å². The zero-order valence-electron chi connectivity index (χ0n) is 20.3. The summed E-state index contributed by atoms with van der Waals surface area (Å²) >= 11 is 0. The number of carbonyl (C=O) groups is 1. The maximum Gasteiger partial charge on any atom is 0.217 e. The van der Waals surface area contributed by atoms with Crippen molar-refractivity contribution in [3.8, 4) is 0 Å². The fraction of sp³-hybridized carbons (Fsp3) is 0.808. The van der Waals surface area contributed by atoms with E-state index in [1.165, 1.54) is 89.9 Å². The minimum Gasteiger partial charge on any atom is -0.351 e. The number of hydrogen-bond donors (Lipinski definition) is 2. The van der Waals surface area contributed by atoms with Gasteiger partial charge < -0.3 is 10.6 Å². The van der Waals surface area contributed by atoms with E-state index in [1.54, 1.807) is 6.92 Å². The van der Waals surface area contributed by atoms with E-state index < -0.39 is 0 Å². The SMILES string of the molecule is CC/C=C/CCCCCCCCCCCCCC1NC=C[N+]1(CC)CCNC(C)=O. The van der Waals surface area contributed by atoms with Crippen LogP contribution in [-0.4, -0.2) is 36.2 Å². The van der Waals surface area contributed by atoms with Crippen LogP contribution in [0.3, 0.4) is 0 Å². The number of unbranched alkanes of at least 4 members (excludes halogenated alkanes) is 11. The Morgan fingerprint density at radius 2 is 1.53 bits per heavy atom. The Labute approximate surface area is 187 Å². The van der Waals surface area contributed by atoms with E-state index >= 15 is 0 Å². The molecule has 1 amide bonds. The van der Waals surface area contributed by atoms with Crippen LogP contribution >= 0.6 is 0 Å². The normalized spacial score (nSPS) is 20.7. The minimum atomic E-state index is 0.0665. The second-order valence-electron chi connectivity index (χ2n) is 8.97. The van der Waals surface area contributed by atoms with E-state index in [-0.39, 0.29) is 5.91 Å². The summed E-state index contributed by atoms with van der Waals surface area (Å²) in [6, 6.07) is 0. The van der Waals surface area contributed by atoms with Gasteiger partial charge in [-0.3, -0.25) is 9.28 Å². The highest BCUT2D eigenvalue weighted by Gasteiger charge is 2.36. The summed E-state index contributed by atoms with van der Waals surface area (Å²) in [5.41, 5.74) is 0. The number of quaternary nitrogens is 1. The maximum absolute atomic E-state index is 11.2. The second-order valence-corrected chi connectivity index (χ2v) is 8.97. The monoisotopic (exact) mass is 420 g/mol. The first kappa shape index (κ1) is 26.7. The maximum atomic E-state index is 11.2. The number of amides is 1. The van der Waals surface area contributed by atoms with Crippen LogP contribution < -0.4 is 10.6 Å². The first-order valence-electron chi connectivity index (χ1n) is 12.8. The lowest BCUT2D eigenvalue weighted by molar-refractivity contribution is -0.898. The Morgan fingerprint density at radius 3 is 2.10 bits per heavy atom. The fourth-order valence-electron chi connectivity index (χ4n) is 4.53. The van der Waals surface area contributed by atoms with Crippen LogP contribution in [0.4, 0.5) is 0 Å². The number of carbonyl (C=O) groups excluding carboxylic acids is 1. The molecule has 0 saturated carbocycles. The van der Waals surface area contributed by atoms with Crippen molar-refractivity contribution in [3.05, 3.63) is 24.6 Å². The second kappa shape index (κ2) is 17.4. The highest BCUT2D eigenvalue weighted by atomic mass is 16.1. The third-order valence-corrected chi connectivity index (χ3v) is 6.52. The van der Waals surface area contributed by atoms with Crippen molar-refractivity contribution in [1.29, 1.82) is 0 Å². The van der Waals surface area contributed by atoms with E-state index in [9.17, 15) is 4.79 Å². The lowest BCUT2D eigenvalue weighted by Crippen LogP contribution is -2.55. The molecular formula is C26H50N3O+. The molecule has 1 rings (SSSR count). The summed E-state index contributed by atoms with van der Waals surface area (Å²) < 4.78 is 0.954. The van der Waals surface area contributed by atoms with Gasteiger partial charge in [-0.25, -0.2) is 0 Å². The van der Waals surface area contributed by atoms with Gasteiger partial charge in [0.25, 0.3) is 0 Å². The molecule has 30 heavy (non-hydrogen) atoms. The van der Waals surface area contributed by atoms with Crippen molar-refractivity contribution in [2.45, 2.75) is 117 Å². The third-order valence-electron chi connectivity index (χ3n) is 6.52. The van der Waals surface area contributed by atoms with E-state index in [1.807, 2.05) is 0 Å². The molecule has 2 unspecified atom stereocenters. The molecule has 1 aliphatic heterocycles. The van der Waals surface area contributed by atoms with Crippen molar-refractivity contribution < 1.29 is 9.28 Å². The predicted molar refractivity (Wildman–Crippen MR) is 130 cm³/mol. The molecule has 1 aliphatic rings. The molecule has 0 saturated heterocycles. The largest absolute Gasteiger partial charge is 0.351 e. The minimum absolute atomic E-state index is 0.0665. The van der Waals surface area contributed by atoms with Crippen molar-refractivity contribution in [2.24, 2.45) is 0 Å². The number of hydrogen-bond acceptors (Lipinski definition) is 2. The zero-order chi connectivity index (χ0) is 21.9. The van der Waals surface area contributed by atoms with Gasteiger partial charge in [0.2, 0.25) is 5.91 Å². The molecule has 174 valence electrons. The van der Waals surface area contributed by atoms with Crippen LogP contribution in [0.25, 0.3) is 0 Å². The Morgan fingerprint density at radius 1 is 0.933 bits per heavy atom.